The van der Waals surface area contributed by atoms with Crippen LogP contribution in [0.15, 0.2) is 67.2 Å². The number of halogens is 1. The minimum atomic E-state index is -0.207. The van der Waals surface area contributed by atoms with Gasteiger partial charge in [-0.05, 0) is 35.7 Å². The van der Waals surface area contributed by atoms with E-state index in [9.17, 15) is 9.18 Å². The van der Waals surface area contributed by atoms with Crippen molar-refractivity contribution in [2.24, 2.45) is 5.41 Å². The summed E-state index contributed by atoms with van der Waals surface area (Å²) in [6.45, 7) is 6.09. The number of aromatic nitrogens is 5. The number of hydrogen-bond acceptors (Lipinski definition) is 5. The van der Waals surface area contributed by atoms with Gasteiger partial charge in [0.15, 0.2) is 10.8 Å². The first kappa shape index (κ1) is 24.9. The minimum absolute atomic E-state index is 0.0489. The molecule has 1 amide bonds. The predicted octanol–water partition coefficient (Wildman–Crippen LogP) is 7.13. The molecule has 1 aliphatic rings. The van der Waals surface area contributed by atoms with Gasteiger partial charge in [0.2, 0.25) is 5.91 Å². The molecular weight excluding hydrogens is 511 g/mol. The van der Waals surface area contributed by atoms with Crippen LogP contribution in [-0.4, -0.2) is 31.1 Å². The molecule has 0 aliphatic heterocycles. The van der Waals surface area contributed by atoms with Crippen LogP contribution in [0.1, 0.15) is 43.3 Å². The molecule has 3 N–H and O–H groups in total. The minimum Gasteiger partial charge on any atom is -0.356 e. The summed E-state index contributed by atoms with van der Waals surface area (Å²) in [6.07, 6.45) is 12.4. The van der Waals surface area contributed by atoms with Gasteiger partial charge in [-0.2, -0.15) is 9.49 Å². The fourth-order valence-corrected chi connectivity index (χ4v) is 5.53. The van der Waals surface area contributed by atoms with Crippen LogP contribution < -0.4 is 5.32 Å². The van der Waals surface area contributed by atoms with Crippen LogP contribution in [0.3, 0.4) is 0 Å². The fraction of sp³-hybridized carbons (Fsp3) is 0.200. The van der Waals surface area contributed by atoms with Crippen molar-refractivity contribution >= 4 is 39.5 Å². The van der Waals surface area contributed by atoms with Gasteiger partial charge in [-0.3, -0.25) is 14.9 Å². The van der Waals surface area contributed by atoms with E-state index >= 15 is 0 Å². The van der Waals surface area contributed by atoms with E-state index in [1.54, 1.807) is 18.6 Å². The summed E-state index contributed by atoms with van der Waals surface area (Å²) in [5.41, 5.74) is 7.57. The van der Waals surface area contributed by atoms with Gasteiger partial charge < -0.3 is 10.3 Å². The summed E-state index contributed by atoms with van der Waals surface area (Å²) < 4.78 is 13.8. The van der Waals surface area contributed by atoms with E-state index in [1.165, 1.54) is 6.07 Å². The number of H-pyrrole nitrogens is 2. The molecule has 0 aromatic carbocycles. The standard InChI is InChI=1S/C30H27FN6OS/c1-30(2,3)13-27(38)34-19-10-17(14-32-16-19)18-11-22-28(36-37-29(22)33-15-18)24-12-21-20(25-8-9-26(31)39-25)6-4-5-7-23(21)35-24/h4-6,8-12,14-16,35H,7,13H2,1-3H3,(H,34,38)(H,33,36,37). The summed E-state index contributed by atoms with van der Waals surface area (Å²) in [5.74, 6) is -0.0489. The highest BCUT2D eigenvalue weighted by molar-refractivity contribution is 7.11. The number of aromatic amines is 2. The molecule has 0 unspecified atom stereocenters. The lowest BCUT2D eigenvalue weighted by Crippen LogP contribution is -2.19. The first-order valence-corrected chi connectivity index (χ1v) is 13.5. The molecule has 0 bridgehead atoms. The second-order valence-corrected chi connectivity index (χ2v) is 11.9. The predicted molar refractivity (Wildman–Crippen MR) is 154 cm³/mol. The molecule has 0 radical (unpaired) electrons. The zero-order chi connectivity index (χ0) is 27.1. The van der Waals surface area contributed by atoms with Crippen LogP contribution in [0.4, 0.5) is 10.1 Å². The van der Waals surface area contributed by atoms with Gasteiger partial charge in [-0.1, -0.05) is 39.0 Å². The Morgan fingerprint density at radius 2 is 1.97 bits per heavy atom. The third-order valence-corrected chi connectivity index (χ3v) is 7.38. The zero-order valence-electron chi connectivity index (χ0n) is 21.8. The van der Waals surface area contributed by atoms with Gasteiger partial charge in [0, 0.05) is 63.5 Å². The maximum Gasteiger partial charge on any atom is 0.224 e. The van der Waals surface area contributed by atoms with E-state index < -0.39 is 0 Å². The van der Waals surface area contributed by atoms with E-state index in [0.717, 1.165) is 67.4 Å². The Morgan fingerprint density at radius 3 is 2.77 bits per heavy atom. The van der Waals surface area contributed by atoms with Gasteiger partial charge in [0.25, 0.3) is 0 Å². The van der Waals surface area contributed by atoms with Crippen molar-refractivity contribution in [2.45, 2.75) is 33.6 Å². The number of rotatable bonds is 5. The Bertz CT molecular complexity index is 1770. The number of allylic oxidation sites excluding steroid dienone is 3. The van der Waals surface area contributed by atoms with Gasteiger partial charge in [-0.25, -0.2) is 4.98 Å². The summed E-state index contributed by atoms with van der Waals surface area (Å²) in [4.78, 5) is 25.8. The van der Waals surface area contributed by atoms with Gasteiger partial charge in [0.05, 0.1) is 23.3 Å². The molecule has 6 rings (SSSR count). The Balaban J connectivity index is 1.34. The quantitative estimate of drug-likeness (QED) is 0.222. The number of thiophene rings is 1. The second-order valence-electron chi connectivity index (χ2n) is 10.8. The van der Waals surface area contributed by atoms with Crippen molar-refractivity contribution in [3.8, 4) is 22.5 Å². The third kappa shape index (κ3) is 5.18. The van der Waals surface area contributed by atoms with Crippen molar-refractivity contribution in [2.75, 3.05) is 5.32 Å². The van der Waals surface area contributed by atoms with Crippen LogP contribution in [0, 0.1) is 10.5 Å². The van der Waals surface area contributed by atoms with Gasteiger partial charge >= 0.3 is 0 Å². The zero-order valence-corrected chi connectivity index (χ0v) is 22.6. The Kier molecular flexibility index (Phi) is 6.23. The van der Waals surface area contributed by atoms with Crippen molar-refractivity contribution < 1.29 is 9.18 Å². The highest BCUT2D eigenvalue weighted by Gasteiger charge is 2.20. The number of anilines is 1. The van der Waals surface area contributed by atoms with Crippen molar-refractivity contribution in [1.29, 1.82) is 0 Å². The number of pyridine rings is 2. The molecule has 0 spiro atoms. The first-order chi connectivity index (χ1) is 18.7. The van der Waals surface area contributed by atoms with E-state index in [0.29, 0.717) is 17.8 Å². The van der Waals surface area contributed by atoms with Crippen molar-refractivity contribution in [3.05, 3.63) is 88.4 Å². The molecule has 0 saturated heterocycles. The molecule has 5 heterocycles. The van der Waals surface area contributed by atoms with Crippen LogP contribution in [-0.2, 0) is 11.2 Å². The van der Waals surface area contributed by atoms with Gasteiger partial charge in [0.1, 0.15) is 0 Å². The highest BCUT2D eigenvalue weighted by atomic mass is 32.1. The number of fused-ring (bicyclic) bond motifs is 2. The number of nitrogens with zero attached hydrogens (tertiary/aromatic N) is 3. The second kappa shape index (κ2) is 9.74. The van der Waals surface area contributed by atoms with E-state index in [4.69, 9.17) is 0 Å². The molecule has 1 aliphatic carbocycles. The number of nitrogens with one attached hydrogen (secondary N) is 3. The number of amides is 1. The van der Waals surface area contributed by atoms with Crippen LogP contribution in [0.2, 0.25) is 0 Å². The summed E-state index contributed by atoms with van der Waals surface area (Å²) in [7, 11) is 0. The molecule has 39 heavy (non-hydrogen) atoms. The molecule has 0 saturated carbocycles. The van der Waals surface area contributed by atoms with Crippen LogP contribution in [0.5, 0.6) is 0 Å². The topological polar surface area (TPSA) is 99.3 Å². The molecule has 7 nitrogen and oxygen atoms in total. The lowest BCUT2D eigenvalue weighted by atomic mass is 9.92. The molecule has 0 fully saturated rings. The van der Waals surface area contributed by atoms with Crippen molar-refractivity contribution in [1.82, 2.24) is 25.1 Å². The van der Waals surface area contributed by atoms with E-state index in [1.807, 2.05) is 51.1 Å². The Labute approximate surface area is 228 Å². The lowest BCUT2D eigenvalue weighted by molar-refractivity contribution is -0.117. The van der Waals surface area contributed by atoms with Crippen LogP contribution >= 0.6 is 11.3 Å². The maximum absolute atomic E-state index is 13.8. The monoisotopic (exact) mass is 538 g/mol. The Hall–Kier alpha value is -4.37. The first-order valence-electron chi connectivity index (χ1n) is 12.7. The SMILES string of the molecule is CC(C)(C)CC(=O)Nc1cncc(-c2cnc3n[nH]c(-c4cc5c([nH]4)CC=CC=C5c4ccc(F)s4)c3c2)c1. The van der Waals surface area contributed by atoms with E-state index in [-0.39, 0.29) is 16.5 Å². The highest BCUT2D eigenvalue weighted by Crippen LogP contribution is 2.37. The molecule has 5 aromatic heterocycles. The number of carbonyl (C=O) groups is 1. The normalized spacial score (nSPS) is 13.3. The van der Waals surface area contributed by atoms with Crippen molar-refractivity contribution in [3.63, 3.8) is 0 Å². The fourth-order valence-electron chi connectivity index (χ4n) is 4.76. The summed E-state index contributed by atoms with van der Waals surface area (Å²) >= 11 is 1.14. The summed E-state index contributed by atoms with van der Waals surface area (Å²) in [6, 6.07) is 9.32. The molecular formula is C30H27FN6OS. The maximum atomic E-state index is 13.8. The van der Waals surface area contributed by atoms with Gasteiger partial charge in [-0.15, -0.1) is 11.3 Å². The average Bonchev–Trinajstić information content (AvgIpc) is 3.58. The molecule has 196 valence electrons. The average molecular weight is 539 g/mol. The molecule has 5 aromatic rings. The third-order valence-electron chi connectivity index (χ3n) is 6.47. The summed E-state index contributed by atoms with van der Waals surface area (Å²) in [5, 5.41) is 11.2. The number of hydrogen-bond donors (Lipinski definition) is 3. The van der Waals surface area contributed by atoms with E-state index in [2.05, 4.69) is 42.6 Å². The smallest absolute Gasteiger partial charge is 0.224 e. The van der Waals surface area contributed by atoms with Crippen LogP contribution in [0.25, 0.3) is 39.1 Å². The Morgan fingerprint density at radius 1 is 1.13 bits per heavy atom. The molecule has 0 atom stereocenters. The number of carbonyl (C=O) groups excluding carboxylic acids is 1. The molecule has 9 heteroatoms. The lowest BCUT2D eigenvalue weighted by Gasteiger charge is -2.17. The largest absolute Gasteiger partial charge is 0.356 e.